The van der Waals surface area contributed by atoms with E-state index in [1.165, 1.54) is 6.08 Å². The van der Waals surface area contributed by atoms with Gasteiger partial charge in [-0.3, -0.25) is 9.59 Å². The normalized spacial score (nSPS) is 11.1. The Morgan fingerprint density at radius 1 is 1.07 bits per heavy atom. The van der Waals surface area contributed by atoms with Gasteiger partial charge in [-0.05, 0) is 31.8 Å². The summed E-state index contributed by atoms with van der Waals surface area (Å²) < 4.78 is 0. The summed E-state index contributed by atoms with van der Waals surface area (Å²) in [5.74, 6) is -0.743. The topological polar surface area (TPSA) is 54.4 Å². The molecule has 0 aliphatic rings. The van der Waals surface area contributed by atoms with E-state index in [-0.39, 0.29) is 6.42 Å². The fourth-order valence-corrected chi connectivity index (χ4v) is 0.951. The van der Waals surface area contributed by atoms with Gasteiger partial charge in [-0.2, -0.15) is 0 Å². The molecule has 0 aromatic carbocycles. The summed E-state index contributed by atoms with van der Waals surface area (Å²) in [4.78, 5) is 20.0. The number of carboxylic acid groups (broad SMARTS) is 1. The van der Waals surface area contributed by atoms with E-state index in [1.807, 2.05) is 18.2 Å². The molecule has 0 fully saturated rings. The van der Waals surface area contributed by atoms with Crippen LogP contribution in [-0.4, -0.2) is 17.4 Å². The maximum atomic E-state index is 10.1. The number of carbonyl (C=O) groups excluding carboxylic acids is 1. The molecule has 0 aliphatic heterocycles. The fraction of sp³-hybridized carbons (Fsp3) is 0.455. The fourth-order valence-electron chi connectivity index (χ4n) is 0.951. The van der Waals surface area contributed by atoms with Crippen molar-refractivity contribution in [3.63, 3.8) is 0 Å². The Bertz CT molecular complexity index is 217. The number of allylic oxidation sites excluding steroid dienone is 4. The predicted molar refractivity (Wildman–Crippen MR) is 55.1 cm³/mol. The van der Waals surface area contributed by atoms with Crippen molar-refractivity contribution in [1.82, 2.24) is 0 Å². The van der Waals surface area contributed by atoms with Crippen LogP contribution in [0.4, 0.5) is 0 Å². The lowest BCUT2D eigenvalue weighted by molar-refractivity contribution is -0.137. The van der Waals surface area contributed by atoms with Crippen LogP contribution in [0.1, 0.15) is 32.1 Å². The molecule has 1 N–H and O–H groups in total. The predicted octanol–water partition coefficient (Wildman–Crippen LogP) is 2.33. The molecule has 0 aliphatic carbocycles. The van der Waals surface area contributed by atoms with Crippen LogP contribution in [0, 0.1) is 0 Å². The van der Waals surface area contributed by atoms with Crippen LogP contribution in [0.25, 0.3) is 0 Å². The first-order chi connectivity index (χ1) is 6.77. The highest BCUT2D eigenvalue weighted by Gasteiger charge is 1.92. The van der Waals surface area contributed by atoms with E-state index >= 15 is 0 Å². The van der Waals surface area contributed by atoms with Crippen molar-refractivity contribution < 1.29 is 14.7 Å². The number of carbonyl (C=O) groups is 2. The number of aliphatic carboxylic acids is 1. The minimum Gasteiger partial charge on any atom is -0.481 e. The van der Waals surface area contributed by atoms with Crippen molar-refractivity contribution in [2.45, 2.75) is 32.1 Å². The van der Waals surface area contributed by atoms with Crippen molar-refractivity contribution >= 4 is 12.3 Å². The molecule has 0 saturated heterocycles. The SMILES string of the molecule is O=CC=CCCC=CCCCC(=O)O. The molecule has 0 heterocycles. The zero-order valence-electron chi connectivity index (χ0n) is 8.19. The zero-order valence-corrected chi connectivity index (χ0v) is 8.19. The number of unbranched alkanes of at least 4 members (excludes halogenated alkanes) is 2. The number of carboxylic acids is 1. The summed E-state index contributed by atoms with van der Waals surface area (Å²) in [6, 6.07) is 0. The van der Waals surface area contributed by atoms with Gasteiger partial charge < -0.3 is 5.11 Å². The average molecular weight is 196 g/mol. The molecular formula is C11H16O3. The van der Waals surface area contributed by atoms with E-state index < -0.39 is 5.97 Å². The number of hydrogen-bond donors (Lipinski definition) is 1. The second kappa shape index (κ2) is 9.71. The molecule has 0 atom stereocenters. The molecule has 0 rings (SSSR count). The van der Waals surface area contributed by atoms with Crippen LogP contribution in [0.15, 0.2) is 24.3 Å². The number of rotatable bonds is 8. The highest BCUT2D eigenvalue weighted by atomic mass is 16.4. The standard InChI is InChI=1S/C11H16O3/c12-10-8-6-4-2-1-3-5-7-9-11(13)14/h1,3,6,8,10H,2,4-5,7,9H2,(H,13,14). The van der Waals surface area contributed by atoms with Crippen LogP contribution in [0.3, 0.4) is 0 Å². The van der Waals surface area contributed by atoms with E-state index in [9.17, 15) is 9.59 Å². The molecule has 0 aromatic rings. The largest absolute Gasteiger partial charge is 0.481 e. The van der Waals surface area contributed by atoms with Gasteiger partial charge in [0.25, 0.3) is 0 Å². The molecule has 0 amide bonds. The molecule has 0 bridgehead atoms. The zero-order chi connectivity index (χ0) is 10.6. The molecule has 0 spiro atoms. The van der Waals surface area contributed by atoms with Crippen LogP contribution >= 0.6 is 0 Å². The lowest BCUT2D eigenvalue weighted by Gasteiger charge is -1.90. The van der Waals surface area contributed by atoms with Gasteiger partial charge >= 0.3 is 5.97 Å². The third kappa shape index (κ3) is 10.6. The van der Waals surface area contributed by atoms with Crippen molar-refractivity contribution in [2.75, 3.05) is 0 Å². The van der Waals surface area contributed by atoms with Crippen LogP contribution in [-0.2, 0) is 9.59 Å². The first-order valence-electron chi connectivity index (χ1n) is 4.74. The highest BCUT2D eigenvalue weighted by Crippen LogP contribution is 1.99. The molecule has 3 nitrogen and oxygen atoms in total. The molecule has 78 valence electrons. The van der Waals surface area contributed by atoms with Gasteiger partial charge in [0, 0.05) is 6.42 Å². The van der Waals surface area contributed by atoms with Gasteiger partial charge in [-0.25, -0.2) is 0 Å². The summed E-state index contributed by atoms with van der Waals surface area (Å²) in [6.45, 7) is 0. The van der Waals surface area contributed by atoms with E-state index in [0.717, 1.165) is 25.5 Å². The third-order valence-electron chi connectivity index (χ3n) is 1.64. The maximum Gasteiger partial charge on any atom is 0.303 e. The second-order valence-electron chi connectivity index (χ2n) is 2.90. The highest BCUT2D eigenvalue weighted by molar-refractivity contribution is 5.66. The smallest absolute Gasteiger partial charge is 0.303 e. The van der Waals surface area contributed by atoms with Crippen molar-refractivity contribution in [3.8, 4) is 0 Å². The van der Waals surface area contributed by atoms with Crippen LogP contribution in [0.2, 0.25) is 0 Å². The van der Waals surface area contributed by atoms with Crippen LogP contribution < -0.4 is 0 Å². The molecule has 0 radical (unpaired) electrons. The Balaban J connectivity index is 3.23. The van der Waals surface area contributed by atoms with Gasteiger partial charge in [-0.15, -0.1) is 0 Å². The lowest BCUT2D eigenvalue weighted by Crippen LogP contribution is -1.92. The lowest BCUT2D eigenvalue weighted by atomic mass is 10.2. The number of hydrogen-bond acceptors (Lipinski definition) is 2. The molecule has 3 heteroatoms. The summed E-state index contributed by atoms with van der Waals surface area (Å²) in [7, 11) is 0. The number of aldehydes is 1. The van der Waals surface area contributed by atoms with E-state index in [0.29, 0.717) is 6.42 Å². The second-order valence-corrected chi connectivity index (χ2v) is 2.90. The van der Waals surface area contributed by atoms with E-state index in [1.54, 1.807) is 0 Å². The Labute approximate surface area is 84.1 Å². The first-order valence-corrected chi connectivity index (χ1v) is 4.74. The van der Waals surface area contributed by atoms with E-state index in [4.69, 9.17) is 5.11 Å². The summed E-state index contributed by atoms with van der Waals surface area (Å²) in [6.07, 6.45) is 11.5. The Kier molecular flexibility index (Phi) is 8.75. The monoisotopic (exact) mass is 196 g/mol. The Morgan fingerprint density at radius 2 is 1.71 bits per heavy atom. The minimum atomic E-state index is -0.743. The van der Waals surface area contributed by atoms with E-state index in [2.05, 4.69) is 0 Å². The molecule has 0 unspecified atom stereocenters. The first kappa shape index (κ1) is 12.6. The van der Waals surface area contributed by atoms with Gasteiger partial charge in [0.1, 0.15) is 6.29 Å². The maximum absolute atomic E-state index is 10.1. The van der Waals surface area contributed by atoms with Crippen molar-refractivity contribution in [2.24, 2.45) is 0 Å². The average Bonchev–Trinajstić information content (AvgIpc) is 2.15. The summed E-state index contributed by atoms with van der Waals surface area (Å²) in [5.41, 5.74) is 0. The van der Waals surface area contributed by atoms with Gasteiger partial charge in [0.15, 0.2) is 0 Å². The Morgan fingerprint density at radius 3 is 2.36 bits per heavy atom. The summed E-state index contributed by atoms with van der Waals surface area (Å²) >= 11 is 0. The van der Waals surface area contributed by atoms with Gasteiger partial charge in [-0.1, -0.05) is 18.2 Å². The molecule has 0 aromatic heterocycles. The molecular weight excluding hydrogens is 180 g/mol. The molecule has 14 heavy (non-hydrogen) atoms. The van der Waals surface area contributed by atoms with Crippen molar-refractivity contribution in [1.29, 1.82) is 0 Å². The quantitative estimate of drug-likeness (QED) is 0.280. The third-order valence-corrected chi connectivity index (χ3v) is 1.64. The van der Waals surface area contributed by atoms with Gasteiger partial charge in [0.05, 0.1) is 0 Å². The van der Waals surface area contributed by atoms with Crippen molar-refractivity contribution in [3.05, 3.63) is 24.3 Å². The van der Waals surface area contributed by atoms with Crippen LogP contribution in [0.5, 0.6) is 0 Å². The minimum absolute atomic E-state index is 0.232. The van der Waals surface area contributed by atoms with Gasteiger partial charge in [0.2, 0.25) is 0 Å². The molecule has 0 saturated carbocycles. The Hall–Kier alpha value is -1.38. The summed E-state index contributed by atoms with van der Waals surface area (Å²) in [5, 5.41) is 8.35.